The molecule has 2 N–H and O–H groups in total. The molecule has 0 aliphatic carbocycles. The van der Waals surface area contributed by atoms with Crippen LogP contribution in [0.3, 0.4) is 0 Å². The third kappa shape index (κ3) is 3.34. The summed E-state index contributed by atoms with van der Waals surface area (Å²) in [5.74, 6) is -0.0501. The molecule has 2 aromatic rings. The molecule has 0 unspecified atom stereocenters. The maximum atomic E-state index is 12.0. The van der Waals surface area contributed by atoms with E-state index >= 15 is 0 Å². The number of aryl methyl sites for hydroxylation is 1. The van der Waals surface area contributed by atoms with Gasteiger partial charge in [-0.1, -0.05) is 0 Å². The Morgan fingerprint density at radius 3 is 2.89 bits per heavy atom. The summed E-state index contributed by atoms with van der Waals surface area (Å²) >= 11 is 0. The fraction of sp³-hybridized carbons (Fsp3) is 0.286. The molecule has 0 saturated carbocycles. The van der Waals surface area contributed by atoms with Gasteiger partial charge in [-0.3, -0.25) is 4.79 Å². The van der Waals surface area contributed by atoms with E-state index in [4.69, 9.17) is 0 Å². The lowest BCUT2D eigenvalue weighted by atomic mass is 10.1. The topological polar surface area (TPSA) is 59.0 Å². The molecule has 1 aromatic heterocycles. The quantitative estimate of drug-likeness (QED) is 0.857. The van der Waals surface area contributed by atoms with Gasteiger partial charge in [0, 0.05) is 43.8 Å². The van der Waals surface area contributed by atoms with Crippen molar-refractivity contribution >= 4 is 11.6 Å². The third-order valence-corrected chi connectivity index (χ3v) is 2.97. The molecule has 0 fully saturated rings. The maximum absolute atomic E-state index is 12.0. The van der Waals surface area contributed by atoms with E-state index in [1.54, 1.807) is 12.5 Å². The first-order valence-corrected chi connectivity index (χ1v) is 6.23. The fourth-order valence-electron chi connectivity index (χ4n) is 1.91. The zero-order valence-corrected chi connectivity index (χ0v) is 11.2. The summed E-state index contributed by atoms with van der Waals surface area (Å²) in [7, 11) is 1.87. The van der Waals surface area contributed by atoms with E-state index in [9.17, 15) is 4.79 Å². The molecule has 5 heteroatoms. The number of anilines is 1. The van der Waals surface area contributed by atoms with Crippen LogP contribution in [0.25, 0.3) is 0 Å². The minimum Gasteiger partial charge on any atom is -0.388 e. The molecule has 0 saturated heterocycles. The summed E-state index contributed by atoms with van der Waals surface area (Å²) in [6, 6.07) is 5.63. The molecule has 2 rings (SSSR count). The predicted octanol–water partition coefficient (Wildman–Crippen LogP) is 1.66. The number of carbonyl (C=O) groups excluding carboxylic acids is 1. The molecular weight excluding hydrogens is 240 g/mol. The van der Waals surface area contributed by atoms with Gasteiger partial charge in [0.05, 0.1) is 6.33 Å². The van der Waals surface area contributed by atoms with Crippen molar-refractivity contribution in [3.05, 3.63) is 48.0 Å². The monoisotopic (exact) mass is 258 g/mol. The van der Waals surface area contributed by atoms with Gasteiger partial charge in [0.25, 0.3) is 5.91 Å². The molecule has 1 heterocycles. The zero-order chi connectivity index (χ0) is 13.7. The normalized spacial score (nSPS) is 10.2. The Morgan fingerprint density at radius 1 is 1.42 bits per heavy atom. The number of nitrogens with zero attached hydrogens (tertiary/aromatic N) is 2. The summed E-state index contributed by atoms with van der Waals surface area (Å²) in [5, 5.41) is 5.98. The molecule has 0 atom stereocenters. The smallest absolute Gasteiger partial charge is 0.251 e. The van der Waals surface area contributed by atoms with Crippen LogP contribution in [-0.2, 0) is 6.54 Å². The van der Waals surface area contributed by atoms with E-state index in [2.05, 4.69) is 15.6 Å². The van der Waals surface area contributed by atoms with Crippen molar-refractivity contribution in [2.45, 2.75) is 13.5 Å². The first-order valence-electron chi connectivity index (χ1n) is 6.23. The highest BCUT2D eigenvalue weighted by Gasteiger charge is 2.06. The largest absolute Gasteiger partial charge is 0.388 e. The van der Waals surface area contributed by atoms with E-state index in [-0.39, 0.29) is 5.91 Å². The van der Waals surface area contributed by atoms with Gasteiger partial charge >= 0.3 is 0 Å². The minimum atomic E-state index is -0.0501. The average Bonchev–Trinajstić information content (AvgIpc) is 2.91. The number of nitrogens with one attached hydrogen (secondary N) is 2. The first kappa shape index (κ1) is 13.1. The second-order valence-electron chi connectivity index (χ2n) is 4.34. The van der Waals surface area contributed by atoms with Crippen LogP contribution < -0.4 is 10.6 Å². The van der Waals surface area contributed by atoms with Crippen LogP contribution in [0.5, 0.6) is 0 Å². The van der Waals surface area contributed by atoms with Crippen LogP contribution in [0.15, 0.2) is 36.9 Å². The standard InChI is InChI=1S/C14H18N4O/c1-11-9-12(3-4-13(11)15-2)14(19)17-6-8-18-7-5-16-10-18/h3-5,7,9-10,15H,6,8H2,1-2H3,(H,17,19). The van der Waals surface area contributed by atoms with Crippen LogP contribution in [0.2, 0.25) is 0 Å². The molecule has 1 amide bonds. The summed E-state index contributed by atoms with van der Waals surface area (Å²) in [6.45, 7) is 3.29. The van der Waals surface area contributed by atoms with Crippen LogP contribution in [0.4, 0.5) is 5.69 Å². The van der Waals surface area contributed by atoms with Gasteiger partial charge in [-0.05, 0) is 30.7 Å². The van der Waals surface area contributed by atoms with Gasteiger partial charge in [0.1, 0.15) is 0 Å². The predicted molar refractivity (Wildman–Crippen MR) is 75.3 cm³/mol. The van der Waals surface area contributed by atoms with Crippen molar-refractivity contribution in [2.75, 3.05) is 18.9 Å². The molecule has 0 radical (unpaired) electrons. The number of amides is 1. The molecule has 1 aromatic carbocycles. The lowest BCUT2D eigenvalue weighted by molar-refractivity contribution is 0.0952. The number of rotatable bonds is 5. The number of carbonyl (C=O) groups is 1. The zero-order valence-electron chi connectivity index (χ0n) is 11.2. The molecule has 5 nitrogen and oxygen atoms in total. The number of hydrogen-bond donors (Lipinski definition) is 2. The van der Waals surface area contributed by atoms with Gasteiger partial charge in [0.15, 0.2) is 0 Å². The maximum Gasteiger partial charge on any atom is 0.251 e. The number of aromatic nitrogens is 2. The highest BCUT2D eigenvalue weighted by Crippen LogP contribution is 2.15. The van der Waals surface area contributed by atoms with Crippen LogP contribution in [0.1, 0.15) is 15.9 Å². The average molecular weight is 258 g/mol. The summed E-state index contributed by atoms with van der Waals surface area (Å²) in [5.41, 5.74) is 2.78. The van der Waals surface area contributed by atoms with Crippen molar-refractivity contribution < 1.29 is 4.79 Å². The van der Waals surface area contributed by atoms with E-state index in [0.29, 0.717) is 12.1 Å². The van der Waals surface area contributed by atoms with E-state index in [1.807, 2.05) is 42.9 Å². The van der Waals surface area contributed by atoms with Crippen LogP contribution >= 0.6 is 0 Å². The molecular formula is C14H18N4O. The first-order chi connectivity index (χ1) is 9.20. The molecule has 19 heavy (non-hydrogen) atoms. The van der Waals surface area contributed by atoms with Gasteiger partial charge in [-0.15, -0.1) is 0 Å². The summed E-state index contributed by atoms with van der Waals surface area (Å²) in [4.78, 5) is 15.9. The summed E-state index contributed by atoms with van der Waals surface area (Å²) < 4.78 is 1.93. The van der Waals surface area contributed by atoms with E-state index in [0.717, 1.165) is 17.8 Å². The Hall–Kier alpha value is -2.30. The second kappa shape index (κ2) is 6.04. The van der Waals surface area contributed by atoms with Gasteiger partial charge in [0.2, 0.25) is 0 Å². The lowest BCUT2D eigenvalue weighted by Crippen LogP contribution is -2.27. The SMILES string of the molecule is CNc1ccc(C(=O)NCCn2ccnc2)cc1C. The Kier molecular flexibility index (Phi) is 4.18. The number of imidazole rings is 1. The van der Waals surface area contributed by atoms with E-state index in [1.165, 1.54) is 0 Å². The number of benzene rings is 1. The molecule has 0 spiro atoms. The number of hydrogen-bond acceptors (Lipinski definition) is 3. The van der Waals surface area contributed by atoms with Gasteiger partial charge < -0.3 is 15.2 Å². The fourth-order valence-corrected chi connectivity index (χ4v) is 1.91. The Labute approximate surface area is 112 Å². The summed E-state index contributed by atoms with van der Waals surface area (Å²) in [6.07, 6.45) is 5.33. The highest BCUT2D eigenvalue weighted by molar-refractivity contribution is 5.94. The van der Waals surface area contributed by atoms with Crippen molar-refractivity contribution in [1.82, 2.24) is 14.9 Å². The molecule has 100 valence electrons. The van der Waals surface area contributed by atoms with Crippen LogP contribution in [0, 0.1) is 6.92 Å². The van der Waals surface area contributed by atoms with Crippen molar-refractivity contribution in [3.8, 4) is 0 Å². The van der Waals surface area contributed by atoms with Gasteiger partial charge in [-0.25, -0.2) is 4.98 Å². The lowest BCUT2D eigenvalue weighted by Gasteiger charge is -2.09. The molecule has 0 aliphatic rings. The minimum absolute atomic E-state index is 0.0501. The van der Waals surface area contributed by atoms with Crippen molar-refractivity contribution in [2.24, 2.45) is 0 Å². The van der Waals surface area contributed by atoms with E-state index < -0.39 is 0 Å². The Morgan fingerprint density at radius 2 is 2.26 bits per heavy atom. The Bertz CT molecular complexity index is 549. The highest BCUT2D eigenvalue weighted by atomic mass is 16.1. The van der Waals surface area contributed by atoms with Crippen LogP contribution in [-0.4, -0.2) is 29.1 Å². The molecule has 0 aliphatic heterocycles. The Balaban J connectivity index is 1.91. The molecule has 0 bridgehead atoms. The second-order valence-corrected chi connectivity index (χ2v) is 4.34. The van der Waals surface area contributed by atoms with Crippen molar-refractivity contribution in [1.29, 1.82) is 0 Å². The van der Waals surface area contributed by atoms with Crippen molar-refractivity contribution in [3.63, 3.8) is 0 Å². The third-order valence-electron chi connectivity index (χ3n) is 2.97. The van der Waals surface area contributed by atoms with Gasteiger partial charge in [-0.2, -0.15) is 0 Å².